The molecule has 1 atom stereocenters. The first kappa shape index (κ1) is 28.8. The Morgan fingerprint density at radius 3 is 2.27 bits per heavy atom. The van der Waals surface area contributed by atoms with Crippen LogP contribution in [0.25, 0.3) is 0 Å². The Kier molecular flexibility index (Phi) is 18.9. The molecule has 2 N–H and O–H groups in total. The van der Waals surface area contributed by atoms with Gasteiger partial charge in [-0.2, -0.15) is 11.8 Å². The lowest BCUT2D eigenvalue weighted by Crippen LogP contribution is -2.41. The lowest BCUT2D eigenvalue weighted by Gasteiger charge is -2.13. The Hall–Kier alpha value is -1.23. The second-order valence-electron chi connectivity index (χ2n) is 8.24. The zero-order chi connectivity index (χ0) is 22.6. The number of hydrogen-bond donors (Lipinski definition) is 2. The Labute approximate surface area is 189 Å². The van der Waals surface area contributed by atoms with Gasteiger partial charge in [-0.25, -0.2) is 4.79 Å². The molecule has 30 heavy (non-hydrogen) atoms. The van der Waals surface area contributed by atoms with Crippen LogP contribution in [0.15, 0.2) is 23.3 Å². The molecule has 0 rings (SSSR count). The minimum atomic E-state index is -0.942. The molecule has 174 valence electrons. The molecule has 0 aliphatic carbocycles. The van der Waals surface area contributed by atoms with E-state index in [0.717, 1.165) is 37.9 Å². The van der Waals surface area contributed by atoms with Crippen molar-refractivity contribution in [3.05, 3.63) is 23.3 Å². The first-order valence-corrected chi connectivity index (χ1v) is 13.1. The summed E-state index contributed by atoms with van der Waals surface area (Å²) in [6, 6.07) is -0.754. The van der Waals surface area contributed by atoms with Crippen LogP contribution in [0.4, 0.5) is 0 Å². The summed E-state index contributed by atoms with van der Waals surface area (Å²) in [7, 11) is 0. The van der Waals surface area contributed by atoms with Gasteiger partial charge in [0.1, 0.15) is 6.04 Å². The first-order valence-electron chi connectivity index (χ1n) is 11.7. The Balaban J connectivity index is 3.75. The summed E-state index contributed by atoms with van der Waals surface area (Å²) in [5.41, 5.74) is 3.07. The van der Waals surface area contributed by atoms with Gasteiger partial charge in [0, 0.05) is 6.42 Å². The van der Waals surface area contributed by atoms with Crippen LogP contribution in [-0.4, -0.2) is 35.0 Å². The third-order valence-corrected chi connectivity index (χ3v) is 6.14. The van der Waals surface area contributed by atoms with Crippen LogP contribution in [0.1, 0.15) is 104 Å². The number of carbonyl (C=O) groups excluding carboxylic acids is 1. The van der Waals surface area contributed by atoms with Gasteiger partial charge in [0.25, 0.3) is 0 Å². The van der Waals surface area contributed by atoms with Crippen molar-refractivity contribution in [1.29, 1.82) is 0 Å². The highest BCUT2D eigenvalue weighted by Gasteiger charge is 2.18. The Morgan fingerprint density at radius 2 is 1.60 bits per heavy atom. The van der Waals surface area contributed by atoms with Gasteiger partial charge >= 0.3 is 5.97 Å². The molecule has 0 aromatic rings. The molecule has 0 aliphatic rings. The van der Waals surface area contributed by atoms with Crippen molar-refractivity contribution in [2.24, 2.45) is 0 Å². The highest BCUT2D eigenvalue weighted by atomic mass is 32.2. The molecular weight excluding hydrogens is 394 g/mol. The average molecular weight is 440 g/mol. The summed E-state index contributed by atoms with van der Waals surface area (Å²) in [5.74, 6) is -0.345. The van der Waals surface area contributed by atoms with Gasteiger partial charge in [0.05, 0.1) is 0 Å². The van der Waals surface area contributed by atoms with Crippen molar-refractivity contribution < 1.29 is 14.7 Å². The number of allylic oxidation sites excluding steroid dienone is 4. The third kappa shape index (κ3) is 16.6. The van der Waals surface area contributed by atoms with Crippen molar-refractivity contribution >= 4 is 23.6 Å². The van der Waals surface area contributed by atoms with Crippen LogP contribution in [-0.2, 0) is 9.59 Å². The smallest absolute Gasteiger partial charge is 0.326 e. The summed E-state index contributed by atoms with van der Waals surface area (Å²) >= 11 is 1.59. The van der Waals surface area contributed by atoms with E-state index < -0.39 is 12.0 Å². The Bertz CT molecular complexity index is 528. The number of carboxylic acid groups (broad SMARTS) is 1. The van der Waals surface area contributed by atoms with Crippen molar-refractivity contribution in [2.45, 2.75) is 110 Å². The van der Waals surface area contributed by atoms with Gasteiger partial charge in [0.15, 0.2) is 0 Å². The summed E-state index contributed by atoms with van der Waals surface area (Å²) in [6.45, 7) is 6.77. The topological polar surface area (TPSA) is 66.4 Å². The summed E-state index contributed by atoms with van der Waals surface area (Å²) in [5, 5.41) is 11.8. The fourth-order valence-corrected chi connectivity index (χ4v) is 3.71. The summed E-state index contributed by atoms with van der Waals surface area (Å²) in [4.78, 5) is 23.1. The summed E-state index contributed by atoms with van der Waals surface area (Å²) < 4.78 is 0. The maximum atomic E-state index is 11.9. The largest absolute Gasteiger partial charge is 0.480 e. The molecule has 0 aromatic carbocycles. The highest BCUT2D eigenvalue weighted by Crippen LogP contribution is 2.16. The molecule has 0 aliphatic heterocycles. The van der Waals surface area contributed by atoms with Crippen LogP contribution < -0.4 is 5.32 Å². The van der Waals surface area contributed by atoms with Crippen molar-refractivity contribution in [2.75, 3.05) is 12.0 Å². The highest BCUT2D eigenvalue weighted by molar-refractivity contribution is 7.98. The number of thioether (sulfide) groups is 1. The van der Waals surface area contributed by atoms with E-state index in [1.54, 1.807) is 17.3 Å². The molecular formula is C25H45NO3S. The van der Waals surface area contributed by atoms with E-state index in [9.17, 15) is 9.59 Å². The maximum Gasteiger partial charge on any atom is 0.326 e. The molecule has 0 aromatic heterocycles. The standard InChI is InChI=1S/C25H45NO3S/c1-5-6-13-16-21(2)22(3)17-14-11-9-7-8-10-12-15-18-24(27)26-23(25(28)29)19-20-30-4/h11,14,23H,5-10,12-13,15-20H2,1-4H3,(H,26,27)(H,28,29)/b14-11-,22-21-. The molecule has 0 saturated carbocycles. The molecule has 0 spiro atoms. The van der Waals surface area contributed by atoms with E-state index in [2.05, 4.69) is 38.2 Å². The molecule has 0 heterocycles. The third-order valence-electron chi connectivity index (χ3n) is 5.49. The molecule has 1 unspecified atom stereocenters. The number of amides is 1. The molecule has 0 fully saturated rings. The number of carboxylic acids is 1. The number of hydrogen-bond acceptors (Lipinski definition) is 3. The predicted octanol–water partition coefficient (Wildman–Crippen LogP) is 6.90. The molecule has 4 nitrogen and oxygen atoms in total. The van der Waals surface area contributed by atoms with Gasteiger partial charge in [-0.1, -0.05) is 62.3 Å². The zero-order valence-corrected chi connectivity index (χ0v) is 20.6. The monoisotopic (exact) mass is 439 g/mol. The summed E-state index contributed by atoms with van der Waals surface area (Å²) in [6.07, 6.45) is 20.1. The lowest BCUT2D eigenvalue weighted by atomic mass is 10.0. The molecule has 0 saturated heterocycles. The van der Waals surface area contributed by atoms with Crippen molar-refractivity contribution in [3.8, 4) is 0 Å². The van der Waals surface area contributed by atoms with Gasteiger partial charge in [0.2, 0.25) is 5.91 Å². The Morgan fingerprint density at radius 1 is 0.933 bits per heavy atom. The van der Waals surface area contributed by atoms with Crippen molar-refractivity contribution in [1.82, 2.24) is 5.32 Å². The minimum absolute atomic E-state index is 0.139. The van der Waals surface area contributed by atoms with Crippen molar-refractivity contribution in [3.63, 3.8) is 0 Å². The average Bonchev–Trinajstić information content (AvgIpc) is 2.72. The lowest BCUT2D eigenvalue weighted by molar-refractivity contribution is -0.141. The zero-order valence-electron chi connectivity index (χ0n) is 19.8. The predicted molar refractivity (Wildman–Crippen MR) is 131 cm³/mol. The first-order chi connectivity index (χ1) is 14.4. The minimum Gasteiger partial charge on any atom is -0.480 e. The van der Waals surface area contributed by atoms with E-state index >= 15 is 0 Å². The van der Waals surface area contributed by atoms with Gasteiger partial charge in [-0.3, -0.25) is 4.79 Å². The molecule has 0 bridgehead atoms. The van der Waals surface area contributed by atoms with E-state index in [1.165, 1.54) is 44.1 Å². The number of unbranched alkanes of at least 4 members (excludes halogenated alkanes) is 7. The van der Waals surface area contributed by atoms with Gasteiger partial charge in [-0.05, 0) is 70.8 Å². The number of nitrogens with one attached hydrogen (secondary N) is 1. The SMILES string of the molecule is CCCCC/C(C)=C(/C)C/C=C\CCCCCCCC(=O)NC(CCSC)C(=O)O. The second-order valence-corrected chi connectivity index (χ2v) is 9.23. The second kappa shape index (κ2) is 19.7. The van der Waals surface area contributed by atoms with Crippen LogP contribution in [0.3, 0.4) is 0 Å². The van der Waals surface area contributed by atoms with Gasteiger partial charge < -0.3 is 10.4 Å². The van der Waals surface area contributed by atoms with Crippen LogP contribution in [0.5, 0.6) is 0 Å². The quantitative estimate of drug-likeness (QED) is 0.170. The van der Waals surface area contributed by atoms with E-state index in [0.29, 0.717) is 12.8 Å². The van der Waals surface area contributed by atoms with Crippen LogP contribution in [0.2, 0.25) is 0 Å². The van der Waals surface area contributed by atoms with Gasteiger partial charge in [-0.15, -0.1) is 0 Å². The number of rotatable bonds is 19. The number of carbonyl (C=O) groups is 2. The molecule has 5 heteroatoms. The van der Waals surface area contributed by atoms with Crippen LogP contribution >= 0.6 is 11.8 Å². The molecule has 1 amide bonds. The normalized spacial score (nSPS) is 13.3. The van der Waals surface area contributed by atoms with Crippen LogP contribution in [0, 0.1) is 0 Å². The molecule has 0 radical (unpaired) electrons. The van der Waals surface area contributed by atoms with E-state index in [-0.39, 0.29) is 5.91 Å². The fraction of sp³-hybridized carbons (Fsp3) is 0.760. The number of aliphatic carboxylic acids is 1. The fourth-order valence-electron chi connectivity index (χ4n) is 3.24. The maximum absolute atomic E-state index is 11.9. The van der Waals surface area contributed by atoms with E-state index in [1.807, 2.05) is 6.26 Å². The van der Waals surface area contributed by atoms with E-state index in [4.69, 9.17) is 5.11 Å².